The number of rotatable bonds is 8. The van der Waals surface area contributed by atoms with Crippen molar-refractivity contribution in [2.24, 2.45) is 0 Å². The molecule has 0 atom stereocenters. The Labute approximate surface area is 200 Å². The lowest BCUT2D eigenvalue weighted by atomic mass is 10.00. The molecule has 0 saturated heterocycles. The summed E-state index contributed by atoms with van der Waals surface area (Å²) >= 11 is 0. The van der Waals surface area contributed by atoms with Crippen LogP contribution in [0.5, 0.6) is 0 Å². The number of unbranched alkanes of at least 4 members (excludes halogenated alkanes) is 1. The van der Waals surface area contributed by atoms with Gasteiger partial charge in [-0.1, -0.05) is 92.2 Å². The fraction of sp³-hybridized carbons (Fsp3) is 0.200. The van der Waals surface area contributed by atoms with Crippen molar-refractivity contribution in [1.29, 1.82) is 0 Å². The maximum absolute atomic E-state index is 12.4. The van der Waals surface area contributed by atoms with Crippen LogP contribution in [-0.2, 0) is 27.2 Å². The summed E-state index contributed by atoms with van der Waals surface area (Å²) in [6, 6.07) is 31.6. The summed E-state index contributed by atoms with van der Waals surface area (Å²) in [5.41, 5.74) is 5.88. The first-order chi connectivity index (χ1) is 16.6. The fourth-order valence-electron chi connectivity index (χ4n) is 3.86. The number of anilines is 1. The summed E-state index contributed by atoms with van der Waals surface area (Å²) in [7, 11) is 0. The van der Waals surface area contributed by atoms with E-state index in [9.17, 15) is 4.79 Å². The van der Waals surface area contributed by atoms with Crippen molar-refractivity contribution in [3.8, 4) is 11.1 Å². The molecule has 4 nitrogen and oxygen atoms in total. The second kappa shape index (κ2) is 12.9. The minimum absolute atomic E-state index is 0.0435. The predicted molar refractivity (Wildman–Crippen MR) is 136 cm³/mol. The summed E-state index contributed by atoms with van der Waals surface area (Å²) in [5.74, 6) is 0.0435. The molecule has 34 heavy (non-hydrogen) atoms. The van der Waals surface area contributed by atoms with Gasteiger partial charge in [-0.2, -0.15) is 9.59 Å². The van der Waals surface area contributed by atoms with Crippen LogP contribution in [0.15, 0.2) is 91.0 Å². The molecule has 0 aliphatic heterocycles. The van der Waals surface area contributed by atoms with Gasteiger partial charge in [0.05, 0.1) is 0 Å². The Morgan fingerprint density at radius 2 is 1.29 bits per heavy atom. The van der Waals surface area contributed by atoms with E-state index in [2.05, 4.69) is 72.9 Å². The molecule has 4 rings (SSSR count). The van der Waals surface area contributed by atoms with Crippen molar-refractivity contribution < 1.29 is 14.4 Å². The molecule has 0 bridgehead atoms. The van der Waals surface area contributed by atoms with Crippen LogP contribution in [-0.4, -0.2) is 12.1 Å². The van der Waals surface area contributed by atoms with Crippen molar-refractivity contribution in [2.45, 2.75) is 39.0 Å². The zero-order valence-electron chi connectivity index (χ0n) is 19.4. The van der Waals surface area contributed by atoms with Gasteiger partial charge in [0, 0.05) is 12.1 Å². The van der Waals surface area contributed by atoms with Gasteiger partial charge >= 0.3 is 6.15 Å². The van der Waals surface area contributed by atoms with Gasteiger partial charge in [0.15, 0.2) is 0 Å². The number of hydrogen-bond acceptors (Lipinski definition) is 3. The first-order valence-corrected chi connectivity index (χ1v) is 11.6. The summed E-state index contributed by atoms with van der Waals surface area (Å²) in [6.45, 7) is 2.23. The van der Waals surface area contributed by atoms with E-state index in [1.54, 1.807) is 0 Å². The average Bonchev–Trinajstić information content (AvgIpc) is 2.87. The van der Waals surface area contributed by atoms with Crippen molar-refractivity contribution >= 4 is 28.5 Å². The van der Waals surface area contributed by atoms with Crippen LogP contribution < -0.4 is 5.32 Å². The number of amides is 1. The van der Waals surface area contributed by atoms with Gasteiger partial charge in [0.2, 0.25) is 5.91 Å². The lowest BCUT2D eigenvalue weighted by Crippen LogP contribution is -2.12. The maximum atomic E-state index is 12.4. The molecule has 0 radical (unpaired) electrons. The zero-order chi connectivity index (χ0) is 24.2. The molecule has 0 fully saturated rings. The normalized spacial score (nSPS) is 10.1. The van der Waals surface area contributed by atoms with Gasteiger partial charge in [0.1, 0.15) is 0 Å². The molecule has 1 amide bonds. The van der Waals surface area contributed by atoms with Gasteiger partial charge in [-0.15, -0.1) is 0 Å². The maximum Gasteiger partial charge on any atom is 0.373 e. The summed E-state index contributed by atoms with van der Waals surface area (Å²) < 4.78 is 0. The van der Waals surface area contributed by atoms with Gasteiger partial charge in [0.25, 0.3) is 0 Å². The predicted octanol–water partition coefficient (Wildman–Crippen LogP) is 6.84. The minimum atomic E-state index is 0.0435. The Kier molecular flexibility index (Phi) is 9.33. The molecule has 0 aliphatic carbocycles. The van der Waals surface area contributed by atoms with Gasteiger partial charge < -0.3 is 5.32 Å². The lowest BCUT2D eigenvalue weighted by molar-refractivity contribution is -0.191. The van der Waals surface area contributed by atoms with E-state index in [0.717, 1.165) is 23.9 Å². The Balaban J connectivity index is 0.00000103. The van der Waals surface area contributed by atoms with E-state index in [1.165, 1.54) is 40.5 Å². The summed E-state index contributed by atoms with van der Waals surface area (Å²) in [4.78, 5) is 28.7. The third-order valence-electron chi connectivity index (χ3n) is 5.73. The lowest BCUT2D eigenvalue weighted by Gasteiger charge is -2.08. The number of fused-ring (bicyclic) bond motifs is 1. The number of aryl methyl sites for hydroxylation is 2. The van der Waals surface area contributed by atoms with E-state index in [4.69, 9.17) is 9.59 Å². The molecular weight excluding hydrogens is 422 g/mol. The van der Waals surface area contributed by atoms with Crippen LogP contribution >= 0.6 is 0 Å². The van der Waals surface area contributed by atoms with Crippen LogP contribution in [0.2, 0.25) is 0 Å². The second-order valence-corrected chi connectivity index (χ2v) is 8.19. The summed E-state index contributed by atoms with van der Waals surface area (Å²) in [5, 5.41) is 5.33. The van der Waals surface area contributed by atoms with Crippen LogP contribution in [0.25, 0.3) is 21.9 Å². The second-order valence-electron chi connectivity index (χ2n) is 8.19. The highest BCUT2D eigenvalue weighted by Gasteiger charge is 2.05. The van der Waals surface area contributed by atoms with Crippen molar-refractivity contribution in [2.75, 3.05) is 5.32 Å². The number of carbonyl (C=O) groups is 1. The van der Waals surface area contributed by atoms with Gasteiger partial charge in [-0.05, 0) is 64.4 Å². The fourth-order valence-corrected chi connectivity index (χ4v) is 3.86. The monoisotopic (exact) mass is 451 g/mol. The molecule has 4 aromatic carbocycles. The van der Waals surface area contributed by atoms with E-state index in [-0.39, 0.29) is 12.1 Å². The molecule has 0 unspecified atom stereocenters. The van der Waals surface area contributed by atoms with E-state index in [0.29, 0.717) is 6.42 Å². The van der Waals surface area contributed by atoms with E-state index < -0.39 is 0 Å². The van der Waals surface area contributed by atoms with Crippen LogP contribution in [0, 0.1) is 0 Å². The topological polar surface area (TPSA) is 63.2 Å². The van der Waals surface area contributed by atoms with Crippen LogP contribution in [0.4, 0.5) is 5.69 Å². The molecule has 0 aromatic heterocycles. The quantitative estimate of drug-likeness (QED) is 0.319. The van der Waals surface area contributed by atoms with E-state index >= 15 is 0 Å². The molecule has 4 aromatic rings. The molecule has 0 saturated carbocycles. The number of carbonyl (C=O) groups excluding carboxylic acids is 3. The third-order valence-corrected chi connectivity index (χ3v) is 5.73. The number of nitrogens with one attached hydrogen (secondary N) is 1. The smallest absolute Gasteiger partial charge is 0.326 e. The van der Waals surface area contributed by atoms with E-state index in [1.807, 2.05) is 30.3 Å². The van der Waals surface area contributed by atoms with Crippen molar-refractivity contribution in [3.05, 3.63) is 102 Å². The summed E-state index contributed by atoms with van der Waals surface area (Å²) in [6.07, 6.45) is 5.07. The SMILES string of the molecule is CCCCc1ccc(-c2ccc(CCC(=O)Nc3ccc4ccccc4c3)cc2)cc1.O=C=O. The highest BCUT2D eigenvalue weighted by molar-refractivity contribution is 5.94. The first kappa shape index (κ1) is 24.6. The Morgan fingerprint density at radius 1 is 0.735 bits per heavy atom. The molecule has 4 heteroatoms. The van der Waals surface area contributed by atoms with Crippen molar-refractivity contribution in [3.63, 3.8) is 0 Å². The largest absolute Gasteiger partial charge is 0.373 e. The Bertz CT molecular complexity index is 1240. The minimum Gasteiger partial charge on any atom is -0.326 e. The molecule has 0 aliphatic rings. The standard InChI is InChI=1S/C29H29NO.CO2/c1-2-3-6-22-9-14-25(15-10-22)26-16-11-23(12-17-26)13-20-29(31)30-28-19-18-24-7-4-5-8-27(24)21-28;2-1-3/h4-5,7-12,14-19,21H,2-3,6,13,20H2,1H3,(H,30,31);. The number of hydrogen-bond donors (Lipinski definition) is 1. The molecular formula is C30H29NO3. The number of benzene rings is 4. The van der Waals surface area contributed by atoms with Crippen LogP contribution in [0.3, 0.4) is 0 Å². The molecule has 1 N–H and O–H groups in total. The van der Waals surface area contributed by atoms with Crippen molar-refractivity contribution in [1.82, 2.24) is 0 Å². The van der Waals surface area contributed by atoms with Gasteiger partial charge in [-0.3, -0.25) is 4.79 Å². The highest BCUT2D eigenvalue weighted by Crippen LogP contribution is 2.22. The zero-order valence-corrected chi connectivity index (χ0v) is 19.4. The third kappa shape index (κ3) is 7.26. The molecule has 172 valence electrons. The molecule has 0 heterocycles. The highest BCUT2D eigenvalue weighted by atomic mass is 16.2. The Hall–Kier alpha value is -4.01. The van der Waals surface area contributed by atoms with Gasteiger partial charge in [-0.25, -0.2) is 0 Å². The van der Waals surface area contributed by atoms with Crippen LogP contribution in [0.1, 0.15) is 37.3 Å². The average molecular weight is 452 g/mol. The Morgan fingerprint density at radius 3 is 1.88 bits per heavy atom. The first-order valence-electron chi connectivity index (χ1n) is 11.6. The molecule has 0 spiro atoms.